The summed E-state index contributed by atoms with van der Waals surface area (Å²) >= 11 is 6.12. The van der Waals surface area contributed by atoms with Gasteiger partial charge < -0.3 is 20.3 Å². The standard InChI is InChI=1S/C25H34ClN5O4/c1-5-31-13-20(17(4)29-31)25(34)30-11-7-6-10-27-24(33)19-12-18(26)8-9-22(19)35-15-21(16(2)3)28-23(32)14-30/h8-9,12-13,16,21H,5-7,10-11,14-15H2,1-4H3,(H,27,33)(H,28,32)/t21-/m0/s1. The molecule has 0 spiro atoms. The van der Waals surface area contributed by atoms with Crippen LogP contribution in [0.25, 0.3) is 0 Å². The third kappa shape index (κ3) is 6.97. The molecule has 1 aliphatic rings. The molecule has 35 heavy (non-hydrogen) atoms. The van der Waals surface area contributed by atoms with Crippen molar-refractivity contribution >= 4 is 29.3 Å². The molecule has 9 nitrogen and oxygen atoms in total. The van der Waals surface area contributed by atoms with Gasteiger partial charge in [-0.1, -0.05) is 25.4 Å². The highest BCUT2D eigenvalue weighted by atomic mass is 35.5. The van der Waals surface area contributed by atoms with Crippen molar-refractivity contribution in [2.75, 3.05) is 26.2 Å². The van der Waals surface area contributed by atoms with Crippen LogP contribution in [-0.4, -0.2) is 64.7 Å². The van der Waals surface area contributed by atoms with E-state index in [-0.39, 0.29) is 42.8 Å². The average molecular weight is 504 g/mol. The number of halogens is 1. The largest absolute Gasteiger partial charge is 0.491 e. The van der Waals surface area contributed by atoms with Gasteiger partial charge in [0.1, 0.15) is 12.4 Å². The molecule has 1 aromatic carbocycles. The lowest BCUT2D eigenvalue weighted by molar-refractivity contribution is -0.123. The Hall–Kier alpha value is -3.07. The first-order valence-corrected chi connectivity index (χ1v) is 12.4. The number of fused-ring (bicyclic) bond motifs is 1. The van der Waals surface area contributed by atoms with Gasteiger partial charge in [0.25, 0.3) is 11.8 Å². The van der Waals surface area contributed by atoms with E-state index in [0.29, 0.717) is 60.1 Å². The van der Waals surface area contributed by atoms with Crippen LogP contribution in [0.15, 0.2) is 24.4 Å². The Balaban J connectivity index is 1.83. The predicted molar refractivity (Wildman–Crippen MR) is 134 cm³/mol. The van der Waals surface area contributed by atoms with Crippen LogP contribution in [-0.2, 0) is 11.3 Å². The van der Waals surface area contributed by atoms with Crippen LogP contribution >= 0.6 is 11.6 Å². The number of aromatic nitrogens is 2. The summed E-state index contributed by atoms with van der Waals surface area (Å²) in [5.74, 6) is -0.306. The van der Waals surface area contributed by atoms with Crippen molar-refractivity contribution in [1.29, 1.82) is 0 Å². The number of carbonyl (C=O) groups is 3. The van der Waals surface area contributed by atoms with E-state index in [1.807, 2.05) is 20.8 Å². The maximum Gasteiger partial charge on any atom is 0.257 e. The van der Waals surface area contributed by atoms with E-state index in [0.717, 1.165) is 0 Å². The zero-order chi connectivity index (χ0) is 25.5. The molecule has 190 valence electrons. The normalized spacial score (nSPS) is 18.1. The molecule has 3 rings (SSSR count). The molecule has 0 unspecified atom stereocenters. The Labute approximate surface area is 211 Å². The minimum absolute atomic E-state index is 0.0633. The van der Waals surface area contributed by atoms with Crippen molar-refractivity contribution in [1.82, 2.24) is 25.3 Å². The summed E-state index contributed by atoms with van der Waals surface area (Å²) in [6.07, 6.45) is 2.97. The number of amides is 3. The Morgan fingerprint density at radius 1 is 1.29 bits per heavy atom. The monoisotopic (exact) mass is 503 g/mol. The van der Waals surface area contributed by atoms with Crippen LogP contribution in [0.4, 0.5) is 0 Å². The molecule has 10 heteroatoms. The number of carbonyl (C=O) groups excluding carboxylic acids is 3. The maximum atomic E-state index is 13.3. The van der Waals surface area contributed by atoms with Gasteiger partial charge in [0.05, 0.1) is 29.4 Å². The molecule has 0 saturated heterocycles. The number of nitrogens with zero attached hydrogens (tertiary/aromatic N) is 3. The summed E-state index contributed by atoms with van der Waals surface area (Å²) < 4.78 is 7.67. The smallest absolute Gasteiger partial charge is 0.257 e. The fourth-order valence-corrected chi connectivity index (χ4v) is 4.02. The number of aryl methyl sites for hydroxylation is 2. The second-order valence-electron chi connectivity index (χ2n) is 9.04. The number of benzene rings is 1. The fourth-order valence-electron chi connectivity index (χ4n) is 3.85. The third-order valence-electron chi connectivity index (χ3n) is 6.02. The highest BCUT2D eigenvalue weighted by Gasteiger charge is 2.25. The SMILES string of the molecule is CCn1cc(C(=O)N2CCCCNC(=O)c3cc(Cl)ccc3OC[C@@H](C(C)C)NC(=O)C2)c(C)n1. The topological polar surface area (TPSA) is 106 Å². The second-order valence-corrected chi connectivity index (χ2v) is 9.48. The van der Waals surface area contributed by atoms with Gasteiger partial charge in [-0.15, -0.1) is 0 Å². The van der Waals surface area contributed by atoms with Gasteiger partial charge in [0.2, 0.25) is 5.91 Å². The number of ether oxygens (including phenoxy) is 1. The van der Waals surface area contributed by atoms with Crippen molar-refractivity contribution in [3.63, 3.8) is 0 Å². The van der Waals surface area contributed by atoms with Crippen LogP contribution in [0.3, 0.4) is 0 Å². The molecule has 0 fully saturated rings. The molecular formula is C25H34ClN5O4. The van der Waals surface area contributed by atoms with Crippen LogP contribution in [0.2, 0.25) is 5.02 Å². The van der Waals surface area contributed by atoms with E-state index in [1.165, 1.54) is 0 Å². The quantitative estimate of drug-likeness (QED) is 0.669. The Bertz CT molecular complexity index is 1070. The van der Waals surface area contributed by atoms with E-state index in [2.05, 4.69) is 15.7 Å². The summed E-state index contributed by atoms with van der Waals surface area (Å²) in [7, 11) is 0. The van der Waals surface area contributed by atoms with E-state index < -0.39 is 0 Å². The lowest BCUT2D eigenvalue weighted by atomic mass is 10.1. The first-order valence-electron chi connectivity index (χ1n) is 12.0. The first-order chi connectivity index (χ1) is 16.7. The van der Waals surface area contributed by atoms with Gasteiger partial charge in [0.15, 0.2) is 0 Å². The lowest BCUT2D eigenvalue weighted by Crippen LogP contribution is -2.48. The highest BCUT2D eigenvalue weighted by molar-refractivity contribution is 6.31. The number of hydrogen-bond acceptors (Lipinski definition) is 5. The molecular weight excluding hydrogens is 470 g/mol. The van der Waals surface area contributed by atoms with Crippen molar-refractivity contribution in [2.24, 2.45) is 5.92 Å². The summed E-state index contributed by atoms with van der Waals surface area (Å²) in [5, 5.41) is 10.7. The van der Waals surface area contributed by atoms with Crippen molar-refractivity contribution in [3.05, 3.63) is 46.2 Å². The van der Waals surface area contributed by atoms with Crippen molar-refractivity contribution < 1.29 is 19.1 Å². The van der Waals surface area contributed by atoms with Crippen LogP contribution in [0.5, 0.6) is 5.75 Å². The zero-order valence-corrected chi connectivity index (χ0v) is 21.5. The highest BCUT2D eigenvalue weighted by Crippen LogP contribution is 2.24. The second kappa shape index (κ2) is 12.1. The zero-order valence-electron chi connectivity index (χ0n) is 20.8. The molecule has 0 bridgehead atoms. The van der Waals surface area contributed by atoms with Gasteiger partial charge in [-0.05, 0) is 50.8 Å². The Kier molecular flexibility index (Phi) is 9.14. The van der Waals surface area contributed by atoms with Crippen LogP contribution in [0, 0.1) is 12.8 Å². The van der Waals surface area contributed by atoms with Crippen LogP contribution < -0.4 is 15.4 Å². The first kappa shape index (κ1) is 26.5. The molecule has 1 aliphatic heterocycles. The molecule has 1 atom stereocenters. The molecule has 2 N–H and O–H groups in total. The van der Waals surface area contributed by atoms with Gasteiger partial charge in [-0.3, -0.25) is 19.1 Å². The number of rotatable bonds is 3. The summed E-state index contributed by atoms with van der Waals surface area (Å²) in [4.78, 5) is 40.7. The average Bonchev–Trinajstić information content (AvgIpc) is 3.20. The summed E-state index contributed by atoms with van der Waals surface area (Å²) in [6.45, 7) is 9.24. The molecule has 2 aromatic rings. The fraction of sp³-hybridized carbons (Fsp3) is 0.520. The molecule has 2 heterocycles. The number of nitrogens with one attached hydrogen (secondary N) is 2. The van der Waals surface area contributed by atoms with Gasteiger partial charge in [-0.25, -0.2) is 0 Å². The molecule has 0 saturated carbocycles. The van der Waals surface area contributed by atoms with E-state index >= 15 is 0 Å². The molecule has 1 aromatic heterocycles. The Morgan fingerprint density at radius 3 is 2.74 bits per heavy atom. The molecule has 3 amide bonds. The van der Waals surface area contributed by atoms with E-state index in [4.69, 9.17) is 16.3 Å². The summed E-state index contributed by atoms with van der Waals surface area (Å²) in [6, 6.07) is 4.58. The lowest BCUT2D eigenvalue weighted by Gasteiger charge is -2.26. The van der Waals surface area contributed by atoms with Gasteiger partial charge in [-0.2, -0.15) is 5.10 Å². The predicted octanol–water partition coefficient (Wildman–Crippen LogP) is 3.05. The van der Waals surface area contributed by atoms with Crippen molar-refractivity contribution in [2.45, 2.75) is 53.1 Å². The molecule has 0 radical (unpaired) electrons. The minimum Gasteiger partial charge on any atom is -0.491 e. The molecule has 0 aliphatic carbocycles. The minimum atomic E-state index is -0.319. The third-order valence-corrected chi connectivity index (χ3v) is 6.25. The maximum absolute atomic E-state index is 13.3. The Morgan fingerprint density at radius 2 is 2.06 bits per heavy atom. The number of hydrogen-bond donors (Lipinski definition) is 2. The van der Waals surface area contributed by atoms with Crippen LogP contribution in [0.1, 0.15) is 60.0 Å². The summed E-state index contributed by atoms with van der Waals surface area (Å²) in [5.41, 5.74) is 1.47. The van der Waals surface area contributed by atoms with Crippen molar-refractivity contribution in [3.8, 4) is 5.75 Å². The van der Waals surface area contributed by atoms with Gasteiger partial charge in [0, 0.05) is 30.9 Å². The van der Waals surface area contributed by atoms with Gasteiger partial charge >= 0.3 is 0 Å². The van der Waals surface area contributed by atoms with E-state index in [9.17, 15) is 14.4 Å². The van der Waals surface area contributed by atoms with E-state index in [1.54, 1.807) is 40.9 Å².